The number of pyridine rings is 1. The third-order valence-corrected chi connectivity index (χ3v) is 2.98. The Balaban J connectivity index is 2.32. The largest absolute Gasteiger partial charge is 0.294 e. The summed E-state index contributed by atoms with van der Waals surface area (Å²) < 4.78 is 0.819. The van der Waals surface area contributed by atoms with E-state index in [1.165, 1.54) is 0 Å². The smallest absolute Gasteiger partial charge is 0.229 e. The molecule has 2 heterocycles. The molecule has 1 saturated heterocycles. The van der Waals surface area contributed by atoms with Gasteiger partial charge in [-0.25, -0.2) is 4.98 Å². The number of nitrogens with zero attached hydrogens (tertiary/aromatic N) is 2. The van der Waals surface area contributed by atoms with Crippen LogP contribution in [0.3, 0.4) is 0 Å². The second kappa shape index (κ2) is 3.87. The molecule has 2 rings (SSSR count). The molecule has 1 aliphatic rings. The van der Waals surface area contributed by atoms with Crippen LogP contribution in [0.15, 0.2) is 22.8 Å². The number of hydrogen-bond acceptors (Lipinski definition) is 2. The van der Waals surface area contributed by atoms with Gasteiger partial charge in [-0.1, -0.05) is 0 Å². The number of rotatable bonds is 1. The van der Waals surface area contributed by atoms with Gasteiger partial charge in [0.1, 0.15) is 5.82 Å². The SMILES string of the molecule is O=C1CC(Cl)CN1c1ncccc1Br. The summed E-state index contributed by atoms with van der Waals surface area (Å²) in [4.78, 5) is 17.3. The van der Waals surface area contributed by atoms with Crippen LogP contribution >= 0.6 is 27.5 Å². The molecule has 74 valence electrons. The van der Waals surface area contributed by atoms with Crippen molar-refractivity contribution in [3.63, 3.8) is 0 Å². The quantitative estimate of drug-likeness (QED) is 0.736. The normalized spacial score (nSPS) is 21.7. The molecule has 0 radical (unpaired) electrons. The first kappa shape index (κ1) is 9.93. The Morgan fingerprint density at radius 1 is 1.64 bits per heavy atom. The van der Waals surface area contributed by atoms with Crippen LogP contribution < -0.4 is 4.90 Å². The average molecular weight is 276 g/mol. The highest BCUT2D eigenvalue weighted by Gasteiger charge is 2.30. The van der Waals surface area contributed by atoms with E-state index in [0.717, 1.165) is 4.47 Å². The van der Waals surface area contributed by atoms with Crippen molar-refractivity contribution in [2.75, 3.05) is 11.4 Å². The molecule has 3 nitrogen and oxygen atoms in total. The lowest BCUT2D eigenvalue weighted by atomic mass is 10.4. The Hall–Kier alpha value is -0.610. The molecule has 1 unspecified atom stereocenters. The van der Waals surface area contributed by atoms with Gasteiger partial charge in [0.2, 0.25) is 5.91 Å². The molecule has 0 N–H and O–H groups in total. The zero-order valence-electron chi connectivity index (χ0n) is 7.28. The molecule has 14 heavy (non-hydrogen) atoms. The van der Waals surface area contributed by atoms with E-state index in [4.69, 9.17) is 11.6 Å². The Bertz CT molecular complexity index is 372. The van der Waals surface area contributed by atoms with Crippen LogP contribution in [0.1, 0.15) is 6.42 Å². The van der Waals surface area contributed by atoms with E-state index in [9.17, 15) is 4.79 Å². The van der Waals surface area contributed by atoms with Gasteiger partial charge in [-0.2, -0.15) is 0 Å². The van der Waals surface area contributed by atoms with Gasteiger partial charge in [0.15, 0.2) is 0 Å². The molecule has 0 aliphatic carbocycles. The zero-order chi connectivity index (χ0) is 10.1. The number of alkyl halides is 1. The van der Waals surface area contributed by atoms with Gasteiger partial charge in [-0.15, -0.1) is 11.6 Å². The van der Waals surface area contributed by atoms with E-state index in [0.29, 0.717) is 18.8 Å². The summed E-state index contributed by atoms with van der Waals surface area (Å²) in [7, 11) is 0. The minimum atomic E-state index is -0.101. The molecule has 1 aliphatic heterocycles. The highest BCUT2D eigenvalue weighted by molar-refractivity contribution is 9.10. The van der Waals surface area contributed by atoms with Gasteiger partial charge in [-0.3, -0.25) is 9.69 Å². The van der Waals surface area contributed by atoms with E-state index in [-0.39, 0.29) is 11.3 Å². The lowest BCUT2D eigenvalue weighted by molar-refractivity contribution is -0.117. The number of hydrogen-bond donors (Lipinski definition) is 0. The van der Waals surface area contributed by atoms with Crippen molar-refractivity contribution in [1.29, 1.82) is 0 Å². The third-order valence-electron chi connectivity index (χ3n) is 2.07. The Kier molecular flexibility index (Phi) is 2.74. The van der Waals surface area contributed by atoms with Crippen LogP contribution in [0.2, 0.25) is 0 Å². The topological polar surface area (TPSA) is 33.2 Å². The Morgan fingerprint density at radius 3 is 3.00 bits per heavy atom. The second-order valence-electron chi connectivity index (χ2n) is 3.11. The summed E-state index contributed by atoms with van der Waals surface area (Å²) in [5.41, 5.74) is 0. The van der Waals surface area contributed by atoms with Crippen molar-refractivity contribution in [3.8, 4) is 0 Å². The van der Waals surface area contributed by atoms with Crippen LogP contribution in [0.5, 0.6) is 0 Å². The van der Waals surface area contributed by atoms with Crippen LogP contribution in [0.4, 0.5) is 5.82 Å². The summed E-state index contributed by atoms with van der Waals surface area (Å²) in [5, 5.41) is -0.101. The number of halogens is 2. The number of aromatic nitrogens is 1. The van der Waals surface area contributed by atoms with E-state index in [1.807, 2.05) is 12.1 Å². The van der Waals surface area contributed by atoms with Crippen molar-refractivity contribution in [3.05, 3.63) is 22.8 Å². The summed E-state index contributed by atoms with van der Waals surface area (Å²) in [6.45, 7) is 0.538. The maximum atomic E-state index is 11.5. The zero-order valence-corrected chi connectivity index (χ0v) is 9.62. The standard InChI is InChI=1S/C9H8BrClN2O/c10-7-2-1-3-12-9(7)13-5-6(11)4-8(13)14/h1-3,6H,4-5H2. The van der Waals surface area contributed by atoms with Crippen molar-refractivity contribution >= 4 is 39.3 Å². The number of carbonyl (C=O) groups excluding carboxylic acids is 1. The van der Waals surface area contributed by atoms with Gasteiger partial charge in [-0.05, 0) is 28.1 Å². The molecule has 1 aromatic heterocycles. The third kappa shape index (κ3) is 1.77. The van der Waals surface area contributed by atoms with Crippen LogP contribution in [-0.2, 0) is 4.79 Å². The van der Waals surface area contributed by atoms with Crippen molar-refractivity contribution < 1.29 is 4.79 Å². The van der Waals surface area contributed by atoms with E-state index < -0.39 is 0 Å². The molecule has 1 amide bonds. The highest BCUT2D eigenvalue weighted by Crippen LogP contribution is 2.28. The second-order valence-corrected chi connectivity index (χ2v) is 4.59. The lowest BCUT2D eigenvalue weighted by Gasteiger charge is -2.15. The van der Waals surface area contributed by atoms with Crippen molar-refractivity contribution in [2.45, 2.75) is 11.8 Å². The van der Waals surface area contributed by atoms with Gasteiger partial charge in [0.05, 0.1) is 9.85 Å². The average Bonchev–Trinajstić information content (AvgIpc) is 2.46. The van der Waals surface area contributed by atoms with Gasteiger partial charge < -0.3 is 0 Å². The fraction of sp³-hybridized carbons (Fsp3) is 0.333. The first-order chi connectivity index (χ1) is 6.68. The molecular weight excluding hydrogens is 267 g/mol. The molecule has 0 bridgehead atoms. The Morgan fingerprint density at radius 2 is 2.43 bits per heavy atom. The first-order valence-corrected chi connectivity index (χ1v) is 5.46. The minimum absolute atomic E-state index is 0.0319. The van der Waals surface area contributed by atoms with Gasteiger partial charge in [0, 0.05) is 19.2 Å². The number of anilines is 1. The van der Waals surface area contributed by atoms with Crippen LogP contribution in [0.25, 0.3) is 0 Å². The molecular formula is C9H8BrClN2O. The van der Waals surface area contributed by atoms with Crippen LogP contribution in [0, 0.1) is 0 Å². The fourth-order valence-electron chi connectivity index (χ4n) is 1.44. The fourth-order valence-corrected chi connectivity index (χ4v) is 2.18. The lowest BCUT2D eigenvalue weighted by Crippen LogP contribution is -2.25. The molecule has 0 spiro atoms. The maximum Gasteiger partial charge on any atom is 0.229 e. The van der Waals surface area contributed by atoms with Gasteiger partial charge >= 0.3 is 0 Å². The van der Waals surface area contributed by atoms with Crippen LogP contribution in [-0.4, -0.2) is 22.8 Å². The maximum absolute atomic E-state index is 11.5. The highest BCUT2D eigenvalue weighted by atomic mass is 79.9. The van der Waals surface area contributed by atoms with E-state index in [1.54, 1.807) is 11.1 Å². The predicted octanol–water partition coefficient (Wildman–Crippen LogP) is 2.19. The van der Waals surface area contributed by atoms with Crippen molar-refractivity contribution in [2.24, 2.45) is 0 Å². The summed E-state index contributed by atoms with van der Waals surface area (Å²) in [5.74, 6) is 0.685. The van der Waals surface area contributed by atoms with Gasteiger partial charge in [0.25, 0.3) is 0 Å². The Labute approximate surface area is 95.2 Å². The molecule has 1 atom stereocenters. The monoisotopic (exact) mass is 274 g/mol. The van der Waals surface area contributed by atoms with E-state index >= 15 is 0 Å². The molecule has 5 heteroatoms. The predicted molar refractivity (Wildman–Crippen MR) is 58.5 cm³/mol. The summed E-state index contributed by atoms with van der Waals surface area (Å²) >= 11 is 9.25. The molecule has 1 fully saturated rings. The minimum Gasteiger partial charge on any atom is -0.294 e. The summed E-state index contributed by atoms with van der Waals surface area (Å²) in [6, 6.07) is 3.67. The summed E-state index contributed by atoms with van der Waals surface area (Å²) in [6.07, 6.45) is 2.06. The first-order valence-electron chi connectivity index (χ1n) is 4.23. The van der Waals surface area contributed by atoms with Crippen molar-refractivity contribution in [1.82, 2.24) is 4.98 Å². The molecule has 1 aromatic rings. The number of carbonyl (C=O) groups is 1. The van der Waals surface area contributed by atoms with E-state index in [2.05, 4.69) is 20.9 Å². The number of amides is 1. The molecule has 0 saturated carbocycles. The molecule has 0 aromatic carbocycles.